The van der Waals surface area contributed by atoms with Crippen molar-refractivity contribution in [3.8, 4) is 0 Å². The van der Waals surface area contributed by atoms with Crippen molar-refractivity contribution in [1.29, 1.82) is 0 Å². The van der Waals surface area contributed by atoms with Crippen molar-refractivity contribution in [3.05, 3.63) is 42.1 Å². The Kier molecular flexibility index (Phi) is 4.07. The third kappa shape index (κ3) is 2.84. The van der Waals surface area contributed by atoms with Crippen LogP contribution in [-0.2, 0) is 9.59 Å². The van der Waals surface area contributed by atoms with E-state index in [4.69, 9.17) is 0 Å². The Bertz CT molecular complexity index is 851. The Morgan fingerprint density at radius 3 is 2.80 bits per heavy atom. The number of benzene rings is 1. The van der Waals surface area contributed by atoms with E-state index in [2.05, 4.69) is 35.5 Å². The lowest BCUT2D eigenvalue weighted by molar-refractivity contribution is -0.142. The Morgan fingerprint density at radius 1 is 1.20 bits per heavy atom. The average Bonchev–Trinajstić information content (AvgIpc) is 3.28. The number of hydrogen-bond acceptors (Lipinski definition) is 2. The van der Waals surface area contributed by atoms with Gasteiger partial charge in [-0.25, -0.2) is 0 Å². The Morgan fingerprint density at radius 2 is 2.04 bits per heavy atom. The van der Waals surface area contributed by atoms with E-state index in [9.17, 15) is 9.59 Å². The number of nitrogens with zero attached hydrogens (tertiary/aromatic N) is 2. The summed E-state index contributed by atoms with van der Waals surface area (Å²) < 4.78 is 0. The summed E-state index contributed by atoms with van der Waals surface area (Å²) >= 11 is 0. The average molecular weight is 337 g/mol. The van der Waals surface area contributed by atoms with Gasteiger partial charge in [0.2, 0.25) is 11.8 Å². The number of hydrogen-bond donors (Lipinski definition) is 1. The Balaban J connectivity index is 1.50. The number of likely N-dealkylation sites (tertiary alicyclic amines) is 1. The minimum Gasteiger partial charge on any atom is -0.361 e. The molecule has 0 bridgehead atoms. The molecule has 2 aromatic rings. The maximum absolute atomic E-state index is 12.8. The van der Waals surface area contributed by atoms with Crippen LogP contribution in [0.2, 0.25) is 0 Å². The molecular formula is C20H23N3O2. The van der Waals surface area contributed by atoms with E-state index < -0.39 is 0 Å². The lowest BCUT2D eigenvalue weighted by Gasteiger charge is -2.32. The zero-order chi connectivity index (χ0) is 17.4. The number of H-pyrrole nitrogens is 1. The highest BCUT2D eigenvalue weighted by Crippen LogP contribution is 2.30. The first-order valence-electron chi connectivity index (χ1n) is 8.96. The molecule has 2 aliphatic heterocycles. The number of aromatic amines is 1. The summed E-state index contributed by atoms with van der Waals surface area (Å²) in [5.41, 5.74) is 3.66. The van der Waals surface area contributed by atoms with Crippen LogP contribution in [-0.4, -0.2) is 52.3 Å². The second-order valence-corrected chi connectivity index (χ2v) is 6.88. The van der Waals surface area contributed by atoms with Crippen molar-refractivity contribution < 1.29 is 9.59 Å². The number of fused-ring (bicyclic) bond motifs is 1. The van der Waals surface area contributed by atoms with E-state index in [-0.39, 0.29) is 17.9 Å². The van der Waals surface area contributed by atoms with Gasteiger partial charge in [-0.2, -0.15) is 0 Å². The van der Waals surface area contributed by atoms with Crippen LogP contribution in [0.1, 0.15) is 31.7 Å². The zero-order valence-corrected chi connectivity index (χ0v) is 14.5. The number of amides is 2. The van der Waals surface area contributed by atoms with Gasteiger partial charge in [0, 0.05) is 49.2 Å². The van der Waals surface area contributed by atoms with Crippen LogP contribution in [0.3, 0.4) is 0 Å². The molecule has 0 aliphatic carbocycles. The standard InChI is InChI=1S/C20H23N3O2/c1-14(24)23-10-4-7-19(23)20(25)22-11-8-15(9-12-22)17-13-21-18-6-3-2-5-16(17)18/h2-3,5-6,8,13,19,21H,4,7,9-12H2,1H3/t19-/m1/s1. The van der Waals surface area contributed by atoms with E-state index in [1.807, 2.05) is 11.0 Å². The molecule has 4 rings (SSSR count). The fourth-order valence-electron chi connectivity index (χ4n) is 4.06. The molecule has 3 heterocycles. The molecule has 0 saturated carbocycles. The normalized spacial score (nSPS) is 20.8. The summed E-state index contributed by atoms with van der Waals surface area (Å²) in [4.78, 5) is 31.5. The molecule has 0 radical (unpaired) electrons. The predicted molar refractivity (Wildman–Crippen MR) is 97.9 cm³/mol. The lowest BCUT2D eigenvalue weighted by atomic mass is 9.98. The fraction of sp³-hybridized carbons (Fsp3) is 0.400. The minimum atomic E-state index is -0.263. The van der Waals surface area contributed by atoms with Gasteiger partial charge in [-0.3, -0.25) is 9.59 Å². The molecule has 0 unspecified atom stereocenters. The second-order valence-electron chi connectivity index (χ2n) is 6.88. The molecule has 5 heteroatoms. The van der Waals surface area contributed by atoms with Gasteiger partial charge in [-0.1, -0.05) is 24.3 Å². The van der Waals surface area contributed by atoms with Crippen LogP contribution >= 0.6 is 0 Å². The molecule has 1 aromatic carbocycles. The van der Waals surface area contributed by atoms with Crippen molar-refractivity contribution in [1.82, 2.24) is 14.8 Å². The molecule has 1 atom stereocenters. The van der Waals surface area contributed by atoms with Crippen LogP contribution in [0.25, 0.3) is 16.5 Å². The van der Waals surface area contributed by atoms with E-state index >= 15 is 0 Å². The molecule has 1 saturated heterocycles. The SMILES string of the molecule is CC(=O)N1CCC[C@@H]1C(=O)N1CC=C(c2c[nH]c3ccccc23)CC1. The van der Waals surface area contributed by atoms with Gasteiger partial charge in [0.05, 0.1) is 0 Å². The van der Waals surface area contributed by atoms with Gasteiger partial charge in [-0.05, 0) is 30.9 Å². The largest absolute Gasteiger partial charge is 0.361 e. The van der Waals surface area contributed by atoms with Gasteiger partial charge in [-0.15, -0.1) is 0 Å². The quantitative estimate of drug-likeness (QED) is 0.916. The summed E-state index contributed by atoms with van der Waals surface area (Å²) in [6, 6.07) is 8.02. The van der Waals surface area contributed by atoms with Crippen LogP contribution < -0.4 is 0 Å². The molecular weight excluding hydrogens is 314 g/mol. The highest BCUT2D eigenvalue weighted by molar-refractivity contribution is 5.93. The van der Waals surface area contributed by atoms with Gasteiger partial charge in [0.1, 0.15) is 6.04 Å². The first-order chi connectivity index (χ1) is 12.1. The first-order valence-corrected chi connectivity index (χ1v) is 8.96. The fourth-order valence-corrected chi connectivity index (χ4v) is 4.06. The maximum Gasteiger partial charge on any atom is 0.245 e. The second kappa shape index (κ2) is 6.39. The van der Waals surface area contributed by atoms with Crippen molar-refractivity contribution in [2.24, 2.45) is 0 Å². The molecule has 2 aliphatic rings. The number of aromatic nitrogens is 1. The van der Waals surface area contributed by atoms with Crippen LogP contribution in [0, 0.1) is 0 Å². The summed E-state index contributed by atoms with van der Waals surface area (Å²) in [5.74, 6) is 0.102. The first kappa shape index (κ1) is 15.9. The third-order valence-electron chi connectivity index (χ3n) is 5.40. The molecule has 5 nitrogen and oxygen atoms in total. The highest BCUT2D eigenvalue weighted by Gasteiger charge is 2.35. The molecule has 1 fully saturated rings. The number of rotatable bonds is 2. The van der Waals surface area contributed by atoms with Gasteiger partial charge in [0.15, 0.2) is 0 Å². The monoisotopic (exact) mass is 337 g/mol. The molecule has 1 aromatic heterocycles. The van der Waals surface area contributed by atoms with Gasteiger partial charge < -0.3 is 14.8 Å². The summed E-state index contributed by atoms with van der Waals surface area (Å²) in [6.07, 6.45) is 6.76. The number of nitrogens with one attached hydrogen (secondary N) is 1. The van der Waals surface area contributed by atoms with Crippen LogP contribution in [0.5, 0.6) is 0 Å². The molecule has 1 N–H and O–H groups in total. The lowest BCUT2D eigenvalue weighted by Crippen LogP contribution is -2.48. The predicted octanol–water partition coefficient (Wildman–Crippen LogP) is 2.79. The van der Waals surface area contributed by atoms with Crippen LogP contribution in [0.15, 0.2) is 36.5 Å². The van der Waals surface area contributed by atoms with Gasteiger partial charge >= 0.3 is 0 Å². The van der Waals surface area contributed by atoms with Crippen molar-refractivity contribution in [2.45, 2.75) is 32.2 Å². The summed E-state index contributed by atoms with van der Waals surface area (Å²) in [6.45, 7) is 3.59. The molecule has 2 amide bonds. The highest BCUT2D eigenvalue weighted by atomic mass is 16.2. The van der Waals surface area contributed by atoms with Gasteiger partial charge in [0.25, 0.3) is 0 Å². The van der Waals surface area contributed by atoms with Crippen molar-refractivity contribution in [2.75, 3.05) is 19.6 Å². The molecule has 25 heavy (non-hydrogen) atoms. The van der Waals surface area contributed by atoms with E-state index in [1.54, 1.807) is 11.8 Å². The summed E-state index contributed by atoms with van der Waals surface area (Å²) in [7, 11) is 0. The van der Waals surface area contributed by atoms with E-state index in [1.165, 1.54) is 16.5 Å². The number of carbonyl (C=O) groups excluding carboxylic acids is 2. The Labute approximate surface area is 147 Å². The summed E-state index contributed by atoms with van der Waals surface area (Å²) in [5, 5.41) is 1.23. The molecule has 130 valence electrons. The van der Waals surface area contributed by atoms with E-state index in [0.29, 0.717) is 19.6 Å². The van der Waals surface area contributed by atoms with Crippen molar-refractivity contribution >= 4 is 28.3 Å². The number of carbonyl (C=O) groups is 2. The minimum absolute atomic E-state index is 0.00267. The third-order valence-corrected chi connectivity index (χ3v) is 5.40. The van der Waals surface area contributed by atoms with Crippen molar-refractivity contribution in [3.63, 3.8) is 0 Å². The topological polar surface area (TPSA) is 56.4 Å². The van der Waals surface area contributed by atoms with Crippen LogP contribution in [0.4, 0.5) is 0 Å². The number of para-hydroxylation sites is 1. The van der Waals surface area contributed by atoms with E-state index in [0.717, 1.165) is 24.8 Å². The molecule has 0 spiro atoms. The zero-order valence-electron chi connectivity index (χ0n) is 14.5. The smallest absolute Gasteiger partial charge is 0.245 e. The Hall–Kier alpha value is -2.56. The maximum atomic E-state index is 12.8.